The summed E-state index contributed by atoms with van der Waals surface area (Å²) < 4.78 is 23.9. The Morgan fingerprint density at radius 1 is 1.10 bits per heavy atom. The fourth-order valence-corrected chi connectivity index (χ4v) is 3.41. The van der Waals surface area contributed by atoms with Crippen LogP contribution in [0.15, 0.2) is 48.5 Å². The topological polar surface area (TPSA) is 50.8 Å². The Labute approximate surface area is 175 Å². The van der Waals surface area contributed by atoms with Gasteiger partial charge in [-0.2, -0.15) is 0 Å². The second kappa shape index (κ2) is 11.0. The van der Waals surface area contributed by atoms with Gasteiger partial charge in [-0.15, -0.1) is 0 Å². The average Bonchev–Trinajstić information content (AvgIpc) is 3.18. The van der Waals surface area contributed by atoms with E-state index in [0.717, 1.165) is 32.5 Å². The van der Waals surface area contributed by atoms with Crippen LogP contribution in [0.1, 0.15) is 12.8 Å². The van der Waals surface area contributed by atoms with E-state index in [1.54, 1.807) is 36.4 Å². The fourth-order valence-electron chi connectivity index (χ4n) is 3.28. The summed E-state index contributed by atoms with van der Waals surface area (Å²) in [6, 6.07) is 13.0. The van der Waals surface area contributed by atoms with Crippen molar-refractivity contribution >= 4 is 17.5 Å². The molecule has 1 N–H and O–H groups in total. The Balaban J connectivity index is 1.25. The van der Waals surface area contributed by atoms with Gasteiger partial charge in [0.15, 0.2) is 6.61 Å². The number of benzene rings is 2. The highest BCUT2D eigenvalue weighted by Crippen LogP contribution is 2.17. The second-order valence-corrected chi connectivity index (χ2v) is 7.59. The zero-order chi connectivity index (χ0) is 20.5. The van der Waals surface area contributed by atoms with Crippen LogP contribution in [0.4, 0.5) is 4.39 Å². The number of nitrogens with one attached hydrogen (secondary N) is 1. The van der Waals surface area contributed by atoms with Gasteiger partial charge in [-0.05, 0) is 73.8 Å². The molecular formula is C22H26ClFN2O3. The van der Waals surface area contributed by atoms with E-state index in [1.165, 1.54) is 12.1 Å². The van der Waals surface area contributed by atoms with Crippen molar-refractivity contribution in [3.8, 4) is 11.5 Å². The lowest BCUT2D eigenvalue weighted by atomic mass is 10.1. The summed E-state index contributed by atoms with van der Waals surface area (Å²) in [7, 11) is 0. The van der Waals surface area contributed by atoms with E-state index in [4.69, 9.17) is 21.1 Å². The highest BCUT2D eigenvalue weighted by Gasteiger charge is 2.22. The first kappa shape index (κ1) is 21.4. The Morgan fingerprint density at radius 2 is 1.79 bits per heavy atom. The second-order valence-electron chi connectivity index (χ2n) is 7.16. The van der Waals surface area contributed by atoms with Crippen molar-refractivity contribution in [3.05, 3.63) is 59.4 Å². The van der Waals surface area contributed by atoms with Gasteiger partial charge in [0.05, 0.1) is 6.61 Å². The Bertz CT molecular complexity index is 771. The first-order valence-corrected chi connectivity index (χ1v) is 10.2. The molecule has 1 fully saturated rings. The molecule has 2 aromatic rings. The largest absolute Gasteiger partial charge is 0.494 e. The molecule has 1 atom stereocenters. The third-order valence-electron chi connectivity index (χ3n) is 4.84. The molecule has 2 aromatic carbocycles. The zero-order valence-corrected chi connectivity index (χ0v) is 17.0. The Morgan fingerprint density at radius 3 is 2.55 bits per heavy atom. The average molecular weight is 421 g/mol. The lowest BCUT2D eigenvalue weighted by molar-refractivity contribution is -0.123. The predicted octanol–water partition coefficient (Wildman–Crippen LogP) is 3.77. The SMILES string of the molecule is O=C(COc1ccc(Cl)cc1)NCC1CCN(CCCOc2ccc(F)cc2)C1. The van der Waals surface area contributed by atoms with Crippen LogP contribution in [-0.4, -0.2) is 50.2 Å². The fraction of sp³-hybridized carbons (Fsp3) is 0.409. The number of ether oxygens (including phenoxy) is 2. The van der Waals surface area contributed by atoms with Gasteiger partial charge in [0.25, 0.3) is 5.91 Å². The minimum atomic E-state index is -0.260. The van der Waals surface area contributed by atoms with Crippen LogP contribution in [-0.2, 0) is 4.79 Å². The predicted molar refractivity (Wildman–Crippen MR) is 111 cm³/mol. The molecule has 0 saturated carbocycles. The van der Waals surface area contributed by atoms with Gasteiger partial charge in [-0.25, -0.2) is 4.39 Å². The summed E-state index contributed by atoms with van der Waals surface area (Å²) in [5, 5.41) is 3.58. The van der Waals surface area contributed by atoms with Crippen molar-refractivity contribution in [2.45, 2.75) is 12.8 Å². The molecule has 0 aromatic heterocycles. The van der Waals surface area contributed by atoms with Crippen LogP contribution in [0.2, 0.25) is 5.02 Å². The van der Waals surface area contributed by atoms with Crippen LogP contribution in [0.25, 0.3) is 0 Å². The highest BCUT2D eigenvalue weighted by molar-refractivity contribution is 6.30. The number of halogens is 2. The molecule has 1 unspecified atom stereocenters. The van der Waals surface area contributed by atoms with Gasteiger partial charge >= 0.3 is 0 Å². The summed E-state index contributed by atoms with van der Waals surface area (Å²) >= 11 is 5.82. The molecule has 5 nitrogen and oxygen atoms in total. The minimum absolute atomic E-state index is 0.00120. The van der Waals surface area contributed by atoms with E-state index in [9.17, 15) is 9.18 Å². The number of rotatable bonds is 10. The molecule has 156 valence electrons. The number of likely N-dealkylation sites (tertiary alicyclic amines) is 1. The van der Waals surface area contributed by atoms with Gasteiger partial charge in [0, 0.05) is 24.7 Å². The summed E-state index contributed by atoms with van der Waals surface area (Å²) in [4.78, 5) is 14.4. The van der Waals surface area contributed by atoms with Crippen molar-refractivity contribution in [3.63, 3.8) is 0 Å². The zero-order valence-electron chi connectivity index (χ0n) is 16.3. The lowest BCUT2D eigenvalue weighted by Gasteiger charge is -2.16. The minimum Gasteiger partial charge on any atom is -0.494 e. The molecule has 1 aliphatic heterocycles. The van der Waals surface area contributed by atoms with E-state index >= 15 is 0 Å². The summed E-state index contributed by atoms with van der Waals surface area (Å²) in [6.07, 6.45) is 1.97. The van der Waals surface area contributed by atoms with Crippen LogP contribution < -0.4 is 14.8 Å². The molecule has 1 amide bonds. The number of hydrogen-bond donors (Lipinski definition) is 1. The molecule has 7 heteroatoms. The normalized spacial score (nSPS) is 16.6. The molecule has 1 heterocycles. The van der Waals surface area contributed by atoms with Crippen molar-refractivity contribution in [1.29, 1.82) is 0 Å². The maximum atomic E-state index is 12.9. The molecule has 0 radical (unpaired) electrons. The number of carbonyl (C=O) groups excluding carboxylic acids is 1. The van der Waals surface area contributed by atoms with Crippen LogP contribution >= 0.6 is 11.6 Å². The molecule has 0 aliphatic carbocycles. The van der Waals surface area contributed by atoms with E-state index in [2.05, 4.69) is 10.2 Å². The first-order valence-electron chi connectivity index (χ1n) is 9.84. The summed E-state index contributed by atoms with van der Waals surface area (Å²) in [6.45, 7) is 4.20. The maximum Gasteiger partial charge on any atom is 0.257 e. The third kappa shape index (κ3) is 7.55. The van der Waals surface area contributed by atoms with Crippen LogP contribution in [0.5, 0.6) is 11.5 Å². The van der Waals surface area contributed by atoms with Crippen molar-refractivity contribution < 1.29 is 18.7 Å². The first-order chi connectivity index (χ1) is 14.1. The van der Waals surface area contributed by atoms with Crippen LogP contribution in [0, 0.1) is 11.7 Å². The van der Waals surface area contributed by atoms with Gasteiger partial charge in [-0.3, -0.25) is 4.79 Å². The quantitative estimate of drug-likeness (QED) is 0.594. The number of hydrogen-bond acceptors (Lipinski definition) is 4. The van der Waals surface area contributed by atoms with E-state index in [0.29, 0.717) is 35.6 Å². The van der Waals surface area contributed by atoms with Crippen molar-refractivity contribution in [2.75, 3.05) is 39.4 Å². The molecule has 1 aliphatic rings. The van der Waals surface area contributed by atoms with E-state index in [-0.39, 0.29) is 18.3 Å². The highest BCUT2D eigenvalue weighted by atomic mass is 35.5. The van der Waals surface area contributed by atoms with Crippen LogP contribution in [0.3, 0.4) is 0 Å². The molecule has 1 saturated heterocycles. The number of nitrogens with zero attached hydrogens (tertiary/aromatic N) is 1. The smallest absolute Gasteiger partial charge is 0.257 e. The van der Waals surface area contributed by atoms with E-state index < -0.39 is 0 Å². The molecule has 0 bridgehead atoms. The molecule has 0 spiro atoms. The lowest BCUT2D eigenvalue weighted by Crippen LogP contribution is -2.34. The monoisotopic (exact) mass is 420 g/mol. The summed E-state index contributed by atoms with van der Waals surface area (Å²) in [5.74, 6) is 1.39. The molecular weight excluding hydrogens is 395 g/mol. The van der Waals surface area contributed by atoms with Gasteiger partial charge in [0.1, 0.15) is 17.3 Å². The maximum absolute atomic E-state index is 12.9. The third-order valence-corrected chi connectivity index (χ3v) is 5.09. The number of amides is 1. The molecule has 29 heavy (non-hydrogen) atoms. The standard InChI is InChI=1S/C22H26ClFN2O3/c23-18-2-6-21(7-3-18)29-16-22(27)25-14-17-10-12-26(15-17)11-1-13-28-20-8-4-19(24)5-9-20/h2-9,17H,1,10-16H2,(H,25,27). The van der Waals surface area contributed by atoms with Gasteiger partial charge in [-0.1, -0.05) is 11.6 Å². The van der Waals surface area contributed by atoms with Crippen molar-refractivity contribution in [1.82, 2.24) is 10.2 Å². The molecule has 3 rings (SSSR count). The van der Waals surface area contributed by atoms with Gasteiger partial charge in [0.2, 0.25) is 0 Å². The number of carbonyl (C=O) groups is 1. The Hall–Kier alpha value is -2.31. The van der Waals surface area contributed by atoms with Crippen molar-refractivity contribution in [2.24, 2.45) is 5.92 Å². The Kier molecular flexibility index (Phi) is 8.14. The van der Waals surface area contributed by atoms with Gasteiger partial charge < -0.3 is 19.7 Å². The van der Waals surface area contributed by atoms with E-state index in [1.807, 2.05) is 0 Å². The summed E-state index contributed by atoms with van der Waals surface area (Å²) in [5.41, 5.74) is 0.